The molecule has 23 heavy (non-hydrogen) atoms. The summed E-state index contributed by atoms with van der Waals surface area (Å²) >= 11 is 0. The van der Waals surface area contributed by atoms with Crippen LogP contribution in [0.1, 0.15) is 31.9 Å². The lowest BCUT2D eigenvalue weighted by molar-refractivity contribution is 0.597. The molecule has 1 aliphatic heterocycles. The van der Waals surface area contributed by atoms with Crippen LogP contribution in [0.5, 0.6) is 0 Å². The van der Waals surface area contributed by atoms with Gasteiger partial charge in [0.1, 0.15) is 0 Å². The average Bonchev–Trinajstić information content (AvgIpc) is 2.98. The van der Waals surface area contributed by atoms with Gasteiger partial charge in [0, 0.05) is 24.6 Å². The lowest BCUT2D eigenvalue weighted by atomic mass is 10.0. The Morgan fingerprint density at radius 2 is 1.96 bits per heavy atom. The molecule has 0 N–H and O–H groups in total. The lowest BCUT2D eigenvalue weighted by Crippen LogP contribution is -2.23. The van der Waals surface area contributed by atoms with E-state index in [9.17, 15) is 8.42 Å². The average molecular weight is 330 g/mol. The zero-order valence-electron chi connectivity index (χ0n) is 13.5. The molecule has 0 amide bonds. The highest BCUT2D eigenvalue weighted by Gasteiger charge is 2.31. The second kappa shape index (κ2) is 6.32. The molecular formula is C18H22N2O2S. The van der Waals surface area contributed by atoms with Gasteiger partial charge >= 0.3 is 0 Å². The summed E-state index contributed by atoms with van der Waals surface area (Å²) < 4.78 is 23.9. The molecule has 0 bridgehead atoms. The van der Waals surface area contributed by atoms with Crippen molar-refractivity contribution in [1.29, 1.82) is 0 Å². The maximum absolute atomic E-state index is 11.9. The van der Waals surface area contributed by atoms with Gasteiger partial charge in [0.15, 0.2) is 9.84 Å². The van der Waals surface area contributed by atoms with Gasteiger partial charge in [0.2, 0.25) is 0 Å². The Bertz CT molecular complexity index is 757. The van der Waals surface area contributed by atoms with Crippen LogP contribution in [0.15, 0.2) is 53.7 Å². The fraction of sp³-hybridized carbons (Fsp3) is 0.389. The first-order valence-corrected chi connectivity index (χ1v) is 9.66. The van der Waals surface area contributed by atoms with Crippen molar-refractivity contribution in [2.45, 2.75) is 31.2 Å². The highest BCUT2D eigenvalue weighted by atomic mass is 32.2. The molecule has 1 fully saturated rings. The number of rotatable bonds is 4. The van der Waals surface area contributed by atoms with Crippen molar-refractivity contribution in [2.24, 2.45) is 5.92 Å². The number of nitrogens with zero attached hydrogens (tertiary/aromatic N) is 2. The summed E-state index contributed by atoms with van der Waals surface area (Å²) in [7, 11) is -3.14. The van der Waals surface area contributed by atoms with Gasteiger partial charge in [-0.2, -0.15) is 0 Å². The van der Waals surface area contributed by atoms with Crippen molar-refractivity contribution >= 4 is 15.5 Å². The van der Waals surface area contributed by atoms with E-state index in [4.69, 9.17) is 0 Å². The van der Waals surface area contributed by atoms with Crippen LogP contribution in [0.4, 0.5) is 5.69 Å². The third-order valence-corrected chi connectivity index (χ3v) is 6.24. The largest absolute Gasteiger partial charge is 0.364 e. The maximum atomic E-state index is 11.9. The summed E-state index contributed by atoms with van der Waals surface area (Å²) in [6.07, 6.45) is 4.79. The molecule has 0 spiro atoms. The summed E-state index contributed by atoms with van der Waals surface area (Å²) in [5.74, 6) is 0.727. The van der Waals surface area contributed by atoms with E-state index in [0.29, 0.717) is 16.9 Å². The second-order valence-electron chi connectivity index (χ2n) is 6.19. The second-order valence-corrected chi connectivity index (χ2v) is 8.47. The molecule has 1 aromatic carbocycles. The molecule has 1 aliphatic rings. The van der Waals surface area contributed by atoms with Gasteiger partial charge < -0.3 is 4.90 Å². The first kappa shape index (κ1) is 16.0. The Kier molecular flexibility index (Phi) is 4.39. The summed E-state index contributed by atoms with van der Waals surface area (Å²) in [5.41, 5.74) is 2.28. The van der Waals surface area contributed by atoms with Crippen LogP contribution in [-0.4, -0.2) is 25.7 Å². The summed E-state index contributed by atoms with van der Waals surface area (Å²) in [4.78, 5) is 6.98. The van der Waals surface area contributed by atoms with Crippen molar-refractivity contribution in [3.05, 3.63) is 54.4 Å². The van der Waals surface area contributed by atoms with Gasteiger partial charge in [-0.1, -0.05) is 19.9 Å². The van der Waals surface area contributed by atoms with Crippen LogP contribution in [0.2, 0.25) is 0 Å². The minimum atomic E-state index is -3.14. The van der Waals surface area contributed by atoms with Crippen LogP contribution in [0, 0.1) is 5.92 Å². The van der Waals surface area contributed by atoms with Crippen LogP contribution in [-0.2, 0) is 9.84 Å². The molecule has 0 aliphatic carbocycles. The summed E-state index contributed by atoms with van der Waals surface area (Å²) in [5, 5.41) is 0. The standard InChI is InChI=1S/C18H22N2O2S/c1-3-23(21,22)17-8-6-16(7-9-17)20-13-14(2)11-18(20)15-5-4-10-19-12-15/h4-10,12,14,18H,3,11,13H2,1-2H3/t14-,18+/m1/s1. The molecule has 2 heterocycles. The number of pyridine rings is 1. The SMILES string of the molecule is CCS(=O)(=O)c1ccc(N2C[C@H](C)C[C@H]2c2cccnc2)cc1. The molecule has 1 saturated heterocycles. The first-order chi connectivity index (χ1) is 11.0. The van der Waals surface area contributed by atoms with Crippen molar-refractivity contribution in [3.8, 4) is 0 Å². The molecule has 0 unspecified atom stereocenters. The smallest absolute Gasteiger partial charge is 0.178 e. The molecule has 4 nitrogen and oxygen atoms in total. The van der Waals surface area contributed by atoms with Gasteiger partial charge in [-0.05, 0) is 48.2 Å². The summed E-state index contributed by atoms with van der Waals surface area (Å²) in [6.45, 7) is 4.89. The van der Waals surface area contributed by atoms with Crippen molar-refractivity contribution < 1.29 is 8.42 Å². The molecule has 5 heteroatoms. The van der Waals surface area contributed by atoms with E-state index in [-0.39, 0.29) is 5.75 Å². The highest BCUT2D eigenvalue weighted by Crippen LogP contribution is 2.38. The fourth-order valence-electron chi connectivity index (χ4n) is 3.23. The maximum Gasteiger partial charge on any atom is 0.178 e. The number of aromatic nitrogens is 1. The molecule has 1 aromatic heterocycles. The zero-order valence-corrected chi connectivity index (χ0v) is 14.3. The Labute approximate surface area is 138 Å². The van der Waals surface area contributed by atoms with Gasteiger partial charge in [0.05, 0.1) is 16.7 Å². The van der Waals surface area contributed by atoms with Crippen LogP contribution in [0.25, 0.3) is 0 Å². The monoisotopic (exact) mass is 330 g/mol. The quantitative estimate of drug-likeness (QED) is 0.861. The van der Waals surface area contributed by atoms with Gasteiger partial charge in [0.25, 0.3) is 0 Å². The lowest BCUT2D eigenvalue weighted by Gasteiger charge is -2.27. The molecule has 3 rings (SSSR count). The van der Waals surface area contributed by atoms with Crippen LogP contribution >= 0.6 is 0 Å². The van der Waals surface area contributed by atoms with Crippen LogP contribution in [0.3, 0.4) is 0 Å². The van der Waals surface area contributed by atoms with E-state index in [1.165, 1.54) is 5.56 Å². The zero-order chi connectivity index (χ0) is 16.4. The third-order valence-electron chi connectivity index (χ3n) is 4.49. The number of benzene rings is 1. The molecule has 2 aromatic rings. The molecular weight excluding hydrogens is 308 g/mol. The molecule has 0 radical (unpaired) electrons. The number of hydrogen-bond acceptors (Lipinski definition) is 4. The Hall–Kier alpha value is -1.88. The minimum Gasteiger partial charge on any atom is -0.364 e. The topological polar surface area (TPSA) is 50.3 Å². The van der Waals surface area contributed by atoms with E-state index in [1.807, 2.05) is 24.4 Å². The highest BCUT2D eigenvalue weighted by molar-refractivity contribution is 7.91. The predicted octanol–water partition coefficient (Wildman–Crippen LogP) is 3.46. The third kappa shape index (κ3) is 3.24. The predicted molar refractivity (Wildman–Crippen MR) is 92.3 cm³/mol. The van der Waals surface area contributed by atoms with Gasteiger partial charge in [-0.3, -0.25) is 4.98 Å². The normalized spacial score (nSPS) is 21.6. The number of anilines is 1. The van der Waals surface area contributed by atoms with Gasteiger partial charge in [-0.25, -0.2) is 8.42 Å². The summed E-state index contributed by atoms with van der Waals surface area (Å²) in [6, 6.07) is 11.7. The van der Waals surface area contributed by atoms with Crippen molar-refractivity contribution in [2.75, 3.05) is 17.2 Å². The van der Waals surface area contributed by atoms with Crippen molar-refractivity contribution in [3.63, 3.8) is 0 Å². The number of hydrogen-bond donors (Lipinski definition) is 0. The number of sulfone groups is 1. The van der Waals surface area contributed by atoms with E-state index >= 15 is 0 Å². The van der Waals surface area contributed by atoms with E-state index in [1.54, 1.807) is 25.3 Å². The molecule has 2 atom stereocenters. The van der Waals surface area contributed by atoms with Gasteiger partial charge in [-0.15, -0.1) is 0 Å². The van der Waals surface area contributed by atoms with E-state index in [0.717, 1.165) is 18.7 Å². The first-order valence-electron chi connectivity index (χ1n) is 8.00. The Balaban J connectivity index is 1.90. The van der Waals surface area contributed by atoms with Crippen LogP contribution < -0.4 is 4.90 Å². The molecule has 0 saturated carbocycles. The fourth-order valence-corrected chi connectivity index (χ4v) is 4.12. The minimum absolute atomic E-state index is 0.130. The molecule has 122 valence electrons. The van der Waals surface area contributed by atoms with E-state index in [2.05, 4.69) is 22.9 Å². The Morgan fingerprint density at radius 3 is 2.57 bits per heavy atom. The Morgan fingerprint density at radius 1 is 1.22 bits per heavy atom. The van der Waals surface area contributed by atoms with Crippen molar-refractivity contribution in [1.82, 2.24) is 4.98 Å². The van der Waals surface area contributed by atoms with E-state index < -0.39 is 9.84 Å².